The average molecular weight is 409 g/mol. The molecule has 0 aromatic carbocycles. The fraction of sp³-hybridized carbons (Fsp3) is 0.571. The van der Waals surface area contributed by atoms with E-state index in [1.807, 2.05) is 5.32 Å². The first-order chi connectivity index (χ1) is 11.7. The number of rotatable bonds is 3. The van der Waals surface area contributed by atoms with Crippen LogP contribution in [0.15, 0.2) is 23.3 Å². The standard InChI is InChI=1S/C9H10F6N2O.C5H5ClO2/c1-5-2-6(16-3-8(10,11)12)17(7(5)18)4-9(13,14)15;1-3-2-4(6)8-5(3)7/h2,6,16H,3-4H2,1H3;2,4H,1H3. The number of alkyl halides is 7. The third kappa shape index (κ3) is 7.24. The van der Waals surface area contributed by atoms with Crippen molar-refractivity contribution in [2.45, 2.75) is 37.9 Å². The summed E-state index contributed by atoms with van der Waals surface area (Å²) in [4.78, 5) is 22.1. The Kier molecular flexibility index (Phi) is 7.11. The monoisotopic (exact) mass is 408 g/mol. The number of esters is 1. The van der Waals surface area contributed by atoms with E-state index >= 15 is 0 Å². The van der Waals surface area contributed by atoms with Crippen LogP contribution < -0.4 is 5.32 Å². The summed E-state index contributed by atoms with van der Waals surface area (Å²) in [6, 6.07) is 0. The van der Waals surface area contributed by atoms with Gasteiger partial charge in [-0.3, -0.25) is 10.1 Å². The predicted octanol–water partition coefficient (Wildman–Crippen LogP) is 2.87. The number of carbonyl (C=O) groups excluding carboxylic acids is 2. The molecule has 0 aromatic heterocycles. The van der Waals surface area contributed by atoms with Crippen LogP contribution in [0.2, 0.25) is 0 Å². The highest BCUT2D eigenvalue weighted by Gasteiger charge is 2.40. The van der Waals surface area contributed by atoms with Gasteiger partial charge in [-0.05, 0) is 26.0 Å². The number of ether oxygens (including phenoxy) is 1. The lowest BCUT2D eigenvalue weighted by Gasteiger charge is -2.26. The van der Waals surface area contributed by atoms with Gasteiger partial charge in [-0.25, -0.2) is 4.79 Å². The van der Waals surface area contributed by atoms with Gasteiger partial charge in [0.25, 0.3) is 5.91 Å². The van der Waals surface area contributed by atoms with Crippen LogP contribution in [0.1, 0.15) is 13.8 Å². The highest BCUT2D eigenvalue weighted by Crippen LogP contribution is 2.24. The zero-order valence-electron chi connectivity index (χ0n) is 13.5. The number of amides is 1. The van der Waals surface area contributed by atoms with Gasteiger partial charge in [0.2, 0.25) is 0 Å². The molecule has 5 nitrogen and oxygen atoms in total. The Morgan fingerprint density at radius 2 is 1.65 bits per heavy atom. The molecule has 148 valence electrons. The summed E-state index contributed by atoms with van der Waals surface area (Å²) in [6.07, 6.45) is -7.99. The van der Waals surface area contributed by atoms with Crippen LogP contribution in [0.5, 0.6) is 0 Å². The zero-order valence-corrected chi connectivity index (χ0v) is 14.3. The first kappa shape index (κ1) is 22.3. The van der Waals surface area contributed by atoms with Crippen molar-refractivity contribution in [3.8, 4) is 0 Å². The molecule has 2 heterocycles. The summed E-state index contributed by atoms with van der Waals surface area (Å²) in [6.45, 7) is -0.135. The van der Waals surface area contributed by atoms with Crippen molar-refractivity contribution in [1.82, 2.24) is 10.2 Å². The van der Waals surface area contributed by atoms with Gasteiger partial charge >= 0.3 is 18.3 Å². The number of nitrogens with one attached hydrogen (secondary N) is 1. The molecule has 0 aliphatic carbocycles. The Morgan fingerprint density at radius 1 is 1.08 bits per heavy atom. The quantitative estimate of drug-likeness (QED) is 0.443. The molecule has 2 rings (SSSR count). The Hall–Kier alpha value is -1.75. The van der Waals surface area contributed by atoms with Gasteiger partial charge < -0.3 is 9.64 Å². The van der Waals surface area contributed by atoms with E-state index < -0.39 is 43.1 Å². The third-order valence-electron chi connectivity index (χ3n) is 3.13. The second-order valence-corrected chi connectivity index (χ2v) is 5.88. The minimum absolute atomic E-state index is 0.0149. The fourth-order valence-corrected chi connectivity index (χ4v) is 2.27. The molecule has 12 heteroatoms. The normalized spacial score (nSPS) is 23.3. The largest absolute Gasteiger partial charge is 0.439 e. The molecule has 0 saturated carbocycles. The summed E-state index contributed by atoms with van der Waals surface area (Å²) in [5.74, 6) is -1.24. The Morgan fingerprint density at radius 3 is 2.00 bits per heavy atom. The number of halogens is 7. The molecule has 2 aliphatic rings. The zero-order chi connectivity index (χ0) is 20.3. The van der Waals surface area contributed by atoms with Gasteiger partial charge in [-0.2, -0.15) is 26.3 Å². The van der Waals surface area contributed by atoms with Crippen LogP contribution in [0.25, 0.3) is 0 Å². The van der Waals surface area contributed by atoms with Gasteiger partial charge in [0.1, 0.15) is 12.7 Å². The minimum Gasteiger partial charge on any atom is -0.439 e. The van der Waals surface area contributed by atoms with Gasteiger partial charge in [-0.15, -0.1) is 0 Å². The number of carbonyl (C=O) groups is 2. The first-order valence-electron chi connectivity index (χ1n) is 7.09. The van der Waals surface area contributed by atoms with Crippen molar-refractivity contribution in [1.29, 1.82) is 0 Å². The smallest absolute Gasteiger partial charge is 0.406 e. The van der Waals surface area contributed by atoms with E-state index in [4.69, 9.17) is 11.6 Å². The van der Waals surface area contributed by atoms with Crippen LogP contribution in [-0.2, 0) is 14.3 Å². The van der Waals surface area contributed by atoms with E-state index in [-0.39, 0.29) is 11.5 Å². The van der Waals surface area contributed by atoms with Crippen LogP contribution in [-0.4, -0.2) is 53.9 Å². The SMILES string of the molecule is CC1=CC(Cl)OC1=O.CC1=CC(NCC(F)(F)F)N(CC(F)(F)F)C1=O. The van der Waals surface area contributed by atoms with Crippen LogP contribution in [0, 0.1) is 0 Å². The van der Waals surface area contributed by atoms with Crippen molar-refractivity contribution in [3.05, 3.63) is 23.3 Å². The number of nitrogens with zero attached hydrogens (tertiary/aromatic N) is 1. The van der Waals surface area contributed by atoms with Crippen LogP contribution >= 0.6 is 11.6 Å². The van der Waals surface area contributed by atoms with Crippen molar-refractivity contribution in [2.24, 2.45) is 0 Å². The molecular weight excluding hydrogens is 394 g/mol. The van der Waals surface area contributed by atoms with Crippen molar-refractivity contribution in [3.63, 3.8) is 0 Å². The van der Waals surface area contributed by atoms with Crippen molar-refractivity contribution >= 4 is 23.5 Å². The van der Waals surface area contributed by atoms with Crippen LogP contribution in [0.3, 0.4) is 0 Å². The van der Waals surface area contributed by atoms with E-state index in [1.165, 1.54) is 6.92 Å². The minimum atomic E-state index is -4.66. The molecule has 0 spiro atoms. The highest BCUT2D eigenvalue weighted by atomic mass is 35.5. The van der Waals surface area contributed by atoms with E-state index in [0.717, 1.165) is 6.08 Å². The Bertz CT molecular complexity index is 615. The topological polar surface area (TPSA) is 58.6 Å². The Labute approximate surface area is 149 Å². The lowest BCUT2D eigenvalue weighted by atomic mass is 10.3. The maximum atomic E-state index is 12.2. The summed E-state index contributed by atoms with van der Waals surface area (Å²) in [5.41, 5.74) is 0.0337. The number of hydrogen-bond acceptors (Lipinski definition) is 4. The molecule has 1 N–H and O–H groups in total. The third-order valence-corrected chi connectivity index (χ3v) is 3.34. The van der Waals surface area contributed by atoms with E-state index in [9.17, 15) is 35.9 Å². The maximum Gasteiger partial charge on any atom is 0.406 e. The molecule has 2 aliphatic heterocycles. The van der Waals surface area contributed by atoms with E-state index in [0.29, 0.717) is 10.5 Å². The molecule has 2 unspecified atom stereocenters. The van der Waals surface area contributed by atoms with E-state index in [1.54, 1.807) is 13.0 Å². The summed E-state index contributed by atoms with van der Waals surface area (Å²) < 4.78 is 77.0. The molecule has 0 saturated heterocycles. The second-order valence-electron chi connectivity index (χ2n) is 5.44. The molecule has 0 bridgehead atoms. The number of cyclic esters (lactones) is 1. The average Bonchev–Trinajstić information content (AvgIpc) is 2.88. The molecular formula is C14H15ClF6N2O3. The molecule has 2 atom stereocenters. The second kappa shape index (κ2) is 8.30. The van der Waals surface area contributed by atoms with Gasteiger partial charge in [-0.1, -0.05) is 11.6 Å². The van der Waals surface area contributed by atoms with Gasteiger partial charge in [0, 0.05) is 11.1 Å². The summed E-state index contributed by atoms with van der Waals surface area (Å²) >= 11 is 5.38. The maximum absolute atomic E-state index is 12.2. The predicted molar refractivity (Wildman–Crippen MR) is 78.9 cm³/mol. The van der Waals surface area contributed by atoms with Crippen molar-refractivity contribution in [2.75, 3.05) is 13.1 Å². The molecule has 0 fully saturated rings. The molecule has 26 heavy (non-hydrogen) atoms. The van der Waals surface area contributed by atoms with Gasteiger partial charge in [0.05, 0.1) is 6.54 Å². The molecule has 1 amide bonds. The lowest BCUT2D eigenvalue weighted by Crippen LogP contribution is -2.50. The summed E-state index contributed by atoms with van der Waals surface area (Å²) in [5, 5.41) is 1.86. The fourth-order valence-electron chi connectivity index (χ4n) is 2.00. The Balaban J connectivity index is 0.000000350. The highest BCUT2D eigenvalue weighted by molar-refractivity contribution is 6.22. The van der Waals surface area contributed by atoms with Gasteiger partial charge in [0.15, 0.2) is 5.56 Å². The number of hydrogen-bond donors (Lipinski definition) is 1. The molecule has 0 radical (unpaired) electrons. The lowest BCUT2D eigenvalue weighted by molar-refractivity contribution is -0.163. The molecule has 0 aromatic rings. The summed E-state index contributed by atoms with van der Waals surface area (Å²) in [7, 11) is 0. The first-order valence-corrected chi connectivity index (χ1v) is 7.53. The van der Waals surface area contributed by atoms with E-state index in [2.05, 4.69) is 4.74 Å². The van der Waals surface area contributed by atoms with Crippen molar-refractivity contribution < 1.29 is 40.7 Å². The van der Waals surface area contributed by atoms with Crippen LogP contribution in [0.4, 0.5) is 26.3 Å².